The van der Waals surface area contributed by atoms with Crippen LogP contribution in [0.3, 0.4) is 0 Å². The van der Waals surface area contributed by atoms with E-state index in [-0.39, 0.29) is 25.0 Å². The number of carbonyl (C=O) groups excluding carboxylic acids is 2. The van der Waals surface area contributed by atoms with E-state index in [1.54, 1.807) is 0 Å². The molecule has 1 saturated heterocycles. The van der Waals surface area contributed by atoms with Gasteiger partial charge in [0.1, 0.15) is 38.2 Å². The molecule has 0 unspecified atom stereocenters. The van der Waals surface area contributed by atoms with Crippen molar-refractivity contribution in [2.45, 2.75) is 45.1 Å². The van der Waals surface area contributed by atoms with Gasteiger partial charge in [-0.1, -0.05) is 24.6 Å². The number of nitrogens with zero attached hydrogens (tertiary/aromatic N) is 4. The number of piperidine rings is 1. The second-order valence-electron chi connectivity index (χ2n) is 8.05. The van der Waals surface area contributed by atoms with Gasteiger partial charge in [-0.05, 0) is 43.7 Å². The zero-order chi connectivity index (χ0) is 20.8. The van der Waals surface area contributed by atoms with Crippen LogP contribution in [0.4, 0.5) is 0 Å². The summed E-state index contributed by atoms with van der Waals surface area (Å²) in [5.74, 6) is 0.730. The molecule has 8 heteroatoms. The molecular weight excluding hydrogens is 384 g/mol. The largest absolute Gasteiger partial charge is 0.490 e. The summed E-state index contributed by atoms with van der Waals surface area (Å²) >= 11 is 0. The standard InChI is InChI=1S/C22H28N4O4/c27-20(15-26-17-23-16-24-26)25-11-9-22(10-12-25)8-4-3-6-18-5-1-2-7-19(18)29-13-14-30-21(22)28/h1-2,5,7,16-17H,3-4,6,8-15H2. The number of rotatable bonds is 2. The van der Waals surface area contributed by atoms with Gasteiger partial charge in [0.05, 0.1) is 5.41 Å². The van der Waals surface area contributed by atoms with E-state index in [0.717, 1.165) is 31.4 Å². The molecule has 8 nitrogen and oxygen atoms in total. The number of hydrogen-bond acceptors (Lipinski definition) is 6. The summed E-state index contributed by atoms with van der Waals surface area (Å²) in [6.07, 6.45) is 7.87. The number of aryl methyl sites for hydroxylation is 1. The van der Waals surface area contributed by atoms with Crippen molar-refractivity contribution in [2.24, 2.45) is 5.41 Å². The van der Waals surface area contributed by atoms with E-state index in [9.17, 15) is 9.59 Å². The maximum atomic E-state index is 13.0. The molecule has 0 aliphatic carbocycles. The van der Waals surface area contributed by atoms with Crippen LogP contribution in [0.15, 0.2) is 36.9 Å². The van der Waals surface area contributed by atoms with Crippen molar-refractivity contribution in [1.29, 1.82) is 0 Å². The second kappa shape index (κ2) is 9.28. The van der Waals surface area contributed by atoms with Crippen molar-refractivity contribution in [1.82, 2.24) is 19.7 Å². The Morgan fingerprint density at radius 2 is 1.87 bits per heavy atom. The Balaban J connectivity index is 1.38. The number of ether oxygens (including phenoxy) is 2. The molecule has 0 radical (unpaired) electrons. The van der Waals surface area contributed by atoms with Crippen LogP contribution >= 0.6 is 0 Å². The molecule has 1 spiro atoms. The lowest BCUT2D eigenvalue weighted by Gasteiger charge is -2.40. The average molecular weight is 412 g/mol. The van der Waals surface area contributed by atoms with Crippen LogP contribution in [0.2, 0.25) is 0 Å². The zero-order valence-corrected chi connectivity index (χ0v) is 17.2. The normalized spacial score (nSPS) is 19.7. The van der Waals surface area contributed by atoms with Gasteiger partial charge in [-0.2, -0.15) is 5.10 Å². The van der Waals surface area contributed by atoms with E-state index in [0.29, 0.717) is 32.5 Å². The number of likely N-dealkylation sites (tertiary alicyclic amines) is 1. The minimum absolute atomic E-state index is 0.00174. The van der Waals surface area contributed by atoms with Crippen molar-refractivity contribution in [3.8, 4) is 5.75 Å². The predicted octanol–water partition coefficient (Wildman–Crippen LogP) is 2.24. The highest BCUT2D eigenvalue weighted by Gasteiger charge is 2.43. The molecular formula is C22H28N4O4. The summed E-state index contributed by atoms with van der Waals surface area (Å²) in [7, 11) is 0. The Morgan fingerprint density at radius 1 is 1.07 bits per heavy atom. The second-order valence-corrected chi connectivity index (χ2v) is 8.05. The number of para-hydroxylation sites is 1. The van der Waals surface area contributed by atoms with Crippen molar-refractivity contribution in [2.75, 3.05) is 26.3 Å². The number of fused-ring (bicyclic) bond motifs is 1. The van der Waals surface area contributed by atoms with Gasteiger partial charge in [-0.3, -0.25) is 9.59 Å². The average Bonchev–Trinajstić information content (AvgIpc) is 3.27. The highest BCUT2D eigenvalue weighted by Crippen LogP contribution is 2.38. The van der Waals surface area contributed by atoms with Crippen LogP contribution < -0.4 is 4.74 Å². The lowest BCUT2D eigenvalue weighted by molar-refractivity contribution is -0.162. The molecule has 2 aliphatic heterocycles. The zero-order valence-electron chi connectivity index (χ0n) is 17.2. The lowest BCUT2D eigenvalue weighted by atomic mass is 9.74. The van der Waals surface area contributed by atoms with Gasteiger partial charge in [0.25, 0.3) is 0 Å². The molecule has 1 aromatic carbocycles. The fourth-order valence-electron chi connectivity index (χ4n) is 4.36. The van der Waals surface area contributed by atoms with Gasteiger partial charge < -0.3 is 14.4 Å². The first kappa shape index (κ1) is 20.4. The Labute approximate surface area is 176 Å². The summed E-state index contributed by atoms with van der Waals surface area (Å²) in [6.45, 7) is 1.88. The molecule has 0 atom stereocenters. The van der Waals surface area contributed by atoms with Crippen LogP contribution in [0.5, 0.6) is 5.75 Å². The van der Waals surface area contributed by atoms with Crippen LogP contribution in [0.25, 0.3) is 0 Å². The maximum absolute atomic E-state index is 13.0. The molecule has 1 amide bonds. The summed E-state index contributed by atoms with van der Waals surface area (Å²) in [5.41, 5.74) is 0.690. The Bertz CT molecular complexity index is 860. The topological polar surface area (TPSA) is 86.6 Å². The molecule has 3 heterocycles. The quantitative estimate of drug-likeness (QED) is 0.703. The third-order valence-corrected chi connectivity index (χ3v) is 6.17. The fourth-order valence-corrected chi connectivity index (χ4v) is 4.36. The van der Waals surface area contributed by atoms with E-state index >= 15 is 0 Å². The summed E-state index contributed by atoms with van der Waals surface area (Å²) < 4.78 is 13.0. The lowest BCUT2D eigenvalue weighted by Crippen LogP contribution is -2.48. The fraction of sp³-hybridized carbons (Fsp3) is 0.545. The molecule has 160 valence electrons. The minimum Gasteiger partial charge on any atom is -0.490 e. The van der Waals surface area contributed by atoms with Crippen LogP contribution in [-0.2, 0) is 27.3 Å². The monoisotopic (exact) mass is 412 g/mol. The number of benzene rings is 1. The number of aromatic nitrogens is 3. The van der Waals surface area contributed by atoms with E-state index in [4.69, 9.17) is 9.47 Å². The van der Waals surface area contributed by atoms with Crippen molar-refractivity contribution < 1.29 is 19.1 Å². The molecule has 0 saturated carbocycles. The van der Waals surface area contributed by atoms with E-state index in [1.165, 1.54) is 22.9 Å². The number of hydrogen-bond donors (Lipinski definition) is 0. The first-order chi connectivity index (χ1) is 14.7. The third kappa shape index (κ3) is 4.63. The first-order valence-electron chi connectivity index (χ1n) is 10.6. The van der Waals surface area contributed by atoms with Gasteiger partial charge in [-0.25, -0.2) is 9.67 Å². The minimum atomic E-state index is -0.511. The van der Waals surface area contributed by atoms with E-state index in [2.05, 4.69) is 16.1 Å². The summed E-state index contributed by atoms with van der Waals surface area (Å²) in [4.78, 5) is 31.2. The van der Waals surface area contributed by atoms with Crippen molar-refractivity contribution in [3.63, 3.8) is 0 Å². The van der Waals surface area contributed by atoms with Crippen LogP contribution in [0.1, 0.15) is 37.7 Å². The van der Waals surface area contributed by atoms with Crippen molar-refractivity contribution in [3.05, 3.63) is 42.5 Å². The SMILES string of the molecule is O=C(Cn1cncn1)N1CCC2(CCCCc3ccccc3OCCOC2=O)CC1. The smallest absolute Gasteiger partial charge is 0.312 e. The molecule has 1 aromatic heterocycles. The molecule has 2 aromatic rings. The highest BCUT2D eigenvalue weighted by molar-refractivity contribution is 5.79. The van der Waals surface area contributed by atoms with E-state index < -0.39 is 5.41 Å². The Kier molecular flexibility index (Phi) is 6.30. The summed E-state index contributed by atoms with van der Waals surface area (Å²) in [5, 5.41) is 3.99. The highest BCUT2D eigenvalue weighted by atomic mass is 16.6. The van der Waals surface area contributed by atoms with Gasteiger partial charge in [0.2, 0.25) is 5.91 Å². The predicted molar refractivity (Wildman–Crippen MR) is 109 cm³/mol. The molecule has 2 aliphatic rings. The van der Waals surface area contributed by atoms with Gasteiger partial charge in [0, 0.05) is 13.1 Å². The molecule has 1 fully saturated rings. The number of esters is 1. The Morgan fingerprint density at radius 3 is 2.67 bits per heavy atom. The molecule has 30 heavy (non-hydrogen) atoms. The van der Waals surface area contributed by atoms with Gasteiger partial charge in [-0.15, -0.1) is 0 Å². The molecule has 4 rings (SSSR count). The summed E-state index contributed by atoms with van der Waals surface area (Å²) in [6, 6.07) is 8.06. The molecule has 0 bridgehead atoms. The first-order valence-corrected chi connectivity index (χ1v) is 10.6. The third-order valence-electron chi connectivity index (χ3n) is 6.17. The molecule has 0 N–H and O–H groups in total. The number of cyclic esters (lactones) is 1. The maximum Gasteiger partial charge on any atom is 0.312 e. The van der Waals surface area contributed by atoms with Gasteiger partial charge >= 0.3 is 5.97 Å². The van der Waals surface area contributed by atoms with Crippen LogP contribution in [0, 0.1) is 5.41 Å². The number of amides is 1. The Hall–Kier alpha value is -2.90. The van der Waals surface area contributed by atoms with Gasteiger partial charge in [0.15, 0.2) is 0 Å². The van der Waals surface area contributed by atoms with E-state index in [1.807, 2.05) is 23.1 Å². The van der Waals surface area contributed by atoms with Crippen LogP contribution in [-0.4, -0.2) is 57.8 Å². The van der Waals surface area contributed by atoms with Crippen molar-refractivity contribution >= 4 is 11.9 Å². The number of carbonyl (C=O) groups is 2.